The van der Waals surface area contributed by atoms with Crippen LogP contribution in [0.5, 0.6) is 0 Å². The molecule has 0 saturated carbocycles. The van der Waals surface area contributed by atoms with E-state index in [-0.39, 0.29) is 13.2 Å². The monoisotopic (exact) mass is 292 g/mol. The smallest absolute Gasteiger partial charge is 0.308 e. The fourth-order valence-electron chi connectivity index (χ4n) is 1.49. The minimum atomic E-state index is -0.893. The van der Waals surface area contributed by atoms with Gasteiger partial charge in [-0.1, -0.05) is 39.5 Å². The van der Waals surface area contributed by atoms with Crippen molar-refractivity contribution in [1.29, 1.82) is 0 Å². The quantitative estimate of drug-likeness (QED) is 0.487. The summed E-state index contributed by atoms with van der Waals surface area (Å²) in [6, 6.07) is 0. The first-order valence-electron chi connectivity index (χ1n) is 7.11. The van der Waals surface area contributed by atoms with Gasteiger partial charge in [0, 0.05) is 0 Å². The molecule has 6 nitrogen and oxygen atoms in total. The highest BCUT2D eigenvalue weighted by molar-refractivity contribution is 5.70. The van der Waals surface area contributed by atoms with Crippen molar-refractivity contribution in [2.75, 3.05) is 13.2 Å². The number of carboxylic acids is 2. The maximum absolute atomic E-state index is 10.3. The molecule has 0 spiro atoms. The molecule has 4 N–H and O–H groups in total. The van der Waals surface area contributed by atoms with Crippen LogP contribution in [0.15, 0.2) is 0 Å². The van der Waals surface area contributed by atoms with Gasteiger partial charge in [0.15, 0.2) is 0 Å². The molecule has 0 aromatic rings. The average molecular weight is 292 g/mol. The molecule has 0 bridgehead atoms. The van der Waals surface area contributed by atoms with Gasteiger partial charge in [0.1, 0.15) is 0 Å². The van der Waals surface area contributed by atoms with Gasteiger partial charge in [-0.05, 0) is 12.8 Å². The van der Waals surface area contributed by atoms with Gasteiger partial charge >= 0.3 is 11.9 Å². The topological polar surface area (TPSA) is 115 Å². The summed E-state index contributed by atoms with van der Waals surface area (Å²) >= 11 is 0. The van der Waals surface area contributed by atoms with Crippen LogP contribution in [0.3, 0.4) is 0 Å². The first-order chi connectivity index (χ1) is 9.44. The molecule has 0 aliphatic rings. The molecule has 0 rings (SSSR count). The minimum Gasteiger partial charge on any atom is -0.481 e. The highest BCUT2D eigenvalue weighted by atomic mass is 16.4. The number of aliphatic hydroxyl groups excluding tert-OH is 2. The molecule has 0 aliphatic heterocycles. The normalized spacial score (nSPS) is 13.0. The molecule has 120 valence electrons. The van der Waals surface area contributed by atoms with E-state index < -0.39 is 23.8 Å². The summed E-state index contributed by atoms with van der Waals surface area (Å²) in [7, 11) is 0. The van der Waals surface area contributed by atoms with E-state index in [4.69, 9.17) is 20.4 Å². The molecular formula is C14H28O6. The number of carbonyl (C=O) groups is 2. The van der Waals surface area contributed by atoms with Crippen LogP contribution in [0, 0.1) is 11.8 Å². The molecule has 20 heavy (non-hydrogen) atoms. The van der Waals surface area contributed by atoms with E-state index in [0.29, 0.717) is 12.8 Å². The third kappa shape index (κ3) is 11.9. The zero-order valence-electron chi connectivity index (χ0n) is 12.4. The lowest BCUT2D eigenvalue weighted by Gasteiger charge is -2.06. The van der Waals surface area contributed by atoms with Gasteiger partial charge in [-0.25, -0.2) is 0 Å². The number of unbranched alkanes of at least 4 members (excludes halogenated alkanes) is 2. The number of aliphatic carboxylic acids is 2. The largest absolute Gasteiger partial charge is 0.481 e. The van der Waals surface area contributed by atoms with Crippen LogP contribution in [-0.4, -0.2) is 45.6 Å². The van der Waals surface area contributed by atoms with Crippen molar-refractivity contribution in [3.05, 3.63) is 0 Å². The summed E-state index contributed by atoms with van der Waals surface area (Å²) in [6.45, 7) is 3.51. The van der Waals surface area contributed by atoms with Crippen molar-refractivity contribution in [1.82, 2.24) is 0 Å². The third-order valence-electron chi connectivity index (χ3n) is 2.95. The fourth-order valence-corrected chi connectivity index (χ4v) is 1.49. The summed E-state index contributed by atoms with van der Waals surface area (Å²) in [5.74, 6) is -2.90. The van der Waals surface area contributed by atoms with Gasteiger partial charge in [-0.2, -0.15) is 0 Å². The van der Waals surface area contributed by atoms with Crippen LogP contribution in [0.4, 0.5) is 0 Å². The Labute approximate surface area is 120 Å². The lowest BCUT2D eigenvalue weighted by molar-refractivity contribution is -0.144. The fraction of sp³-hybridized carbons (Fsp3) is 0.857. The van der Waals surface area contributed by atoms with Crippen LogP contribution in [0.25, 0.3) is 0 Å². The van der Waals surface area contributed by atoms with Crippen LogP contribution < -0.4 is 0 Å². The summed E-state index contributed by atoms with van der Waals surface area (Å²) in [6.07, 6.45) is 4.87. The number of carboxylic acid groups (broad SMARTS) is 2. The second-order valence-electron chi connectivity index (χ2n) is 4.72. The van der Waals surface area contributed by atoms with E-state index >= 15 is 0 Å². The third-order valence-corrected chi connectivity index (χ3v) is 2.95. The lowest BCUT2D eigenvalue weighted by Crippen LogP contribution is -2.17. The van der Waals surface area contributed by atoms with Gasteiger partial charge in [0.25, 0.3) is 0 Å². The maximum Gasteiger partial charge on any atom is 0.308 e. The Morgan fingerprint density at radius 3 is 1.25 bits per heavy atom. The summed E-state index contributed by atoms with van der Waals surface area (Å²) in [5.41, 5.74) is 0. The van der Waals surface area contributed by atoms with Crippen molar-refractivity contribution in [3.8, 4) is 0 Å². The van der Waals surface area contributed by atoms with Gasteiger partial charge in [-0.3, -0.25) is 9.59 Å². The van der Waals surface area contributed by atoms with Crippen LogP contribution in [0.2, 0.25) is 0 Å². The standard InChI is InChI=1S/2C7H14O3/c2*1-2-3-4-6(5-8)7(9)10/h2*6,8H,2-5H2,1H3,(H,9,10)/t2*6-/m00/s1. The highest BCUT2D eigenvalue weighted by Gasteiger charge is 2.14. The molecule has 0 amide bonds. The Kier molecular flexibility index (Phi) is 15.1. The van der Waals surface area contributed by atoms with Crippen LogP contribution >= 0.6 is 0 Å². The Morgan fingerprint density at radius 2 is 1.10 bits per heavy atom. The average Bonchev–Trinajstić information content (AvgIpc) is 2.40. The van der Waals surface area contributed by atoms with E-state index in [1.54, 1.807) is 0 Å². The van der Waals surface area contributed by atoms with Gasteiger partial charge in [0.2, 0.25) is 0 Å². The SMILES string of the molecule is CCCC[C@@H](CO)C(=O)O.CCCC[C@@H](CO)C(=O)O. The molecule has 0 aromatic heterocycles. The predicted octanol–water partition coefficient (Wildman–Crippen LogP) is 1.74. The van der Waals surface area contributed by atoms with Gasteiger partial charge in [-0.15, -0.1) is 0 Å². The zero-order valence-corrected chi connectivity index (χ0v) is 12.4. The first kappa shape index (κ1) is 21.2. The molecular weight excluding hydrogens is 264 g/mol. The van der Waals surface area contributed by atoms with E-state index in [2.05, 4.69) is 0 Å². The lowest BCUT2D eigenvalue weighted by atomic mass is 10.0. The second-order valence-corrected chi connectivity index (χ2v) is 4.72. The first-order valence-corrected chi connectivity index (χ1v) is 7.11. The zero-order chi connectivity index (χ0) is 16.0. The van der Waals surface area contributed by atoms with E-state index in [9.17, 15) is 9.59 Å². The summed E-state index contributed by atoms with van der Waals surface area (Å²) in [4.78, 5) is 20.6. The van der Waals surface area contributed by atoms with Crippen molar-refractivity contribution < 1.29 is 30.0 Å². The van der Waals surface area contributed by atoms with Crippen LogP contribution in [-0.2, 0) is 9.59 Å². The maximum atomic E-state index is 10.3. The predicted molar refractivity (Wildman–Crippen MR) is 75.5 cm³/mol. The van der Waals surface area contributed by atoms with Gasteiger partial charge < -0.3 is 20.4 Å². The number of hydrogen-bond acceptors (Lipinski definition) is 4. The number of aliphatic hydroxyl groups is 2. The molecule has 0 radical (unpaired) electrons. The van der Waals surface area contributed by atoms with Crippen molar-refractivity contribution >= 4 is 11.9 Å². The van der Waals surface area contributed by atoms with Crippen molar-refractivity contribution in [3.63, 3.8) is 0 Å². The highest BCUT2D eigenvalue weighted by Crippen LogP contribution is 2.07. The van der Waals surface area contributed by atoms with Gasteiger partial charge in [0.05, 0.1) is 25.0 Å². The summed E-state index contributed by atoms with van der Waals surface area (Å²) in [5, 5.41) is 34.0. The van der Waals surface area contributed by atoms with E-state index in [1.807, 2.05) is 13.8 Å². The van der Waals surface area contributed by atoms with E-state index in [0.717, 1.165) is 25.7 Å². The number of hydrogen-bond donors (Lipinski definition) is 4. The van der Waals surface area contributed by atoms with Crippen LogP contribution in [0.1, 0.15) is 52.4 Å². The van der Waals surface area contributed by atoms with E-state index in [1.165, 1.54) is 0 Å². The molecule has 0 fully saturated rings. The second kappa shape index (κ2) is 14.3. The minimum absolute atomic E-state index is 0.241. The Bertz CT molecular complexity index is 228. The molecule has 0 aromatic carbocycles. The Morgan fingerprint density at radius 1 is 0.800 bits per heavy atom. The Hall–Kier alpha value is -1.14. The summed E-state index contributed by atoms with van der Waals surface area (Å²) < 4.78 is 0. The molecule has 0 saturated heterocycles. The molecule has 0 aliphatic carbocycles. The van der Waals surface area contributed by atoms with Crippen molar-refractivity contribution in [2.24, 2.45) is 11.8 Å². The number of rotatable bonds is 10. The molecule has 0 unspecified atom stereocenters. The molecule has 2 atom stereocenters. The Balaban J connectivity index is 0. The molecule has 0 heterocycles. The van der Waals surface area contributed by atoms with Crippen molar-refractivity contribution in [2.45, 2.75) is 52.4 Å². The molecule has 6 heteroatoms.